The van der Waals surface area contributed by atoms with Crippen LogP contribution >= 0.6 is 50.2 Å². The summed E-state index contributed by atoms with van der Waals surface area (Å²) in [5, 5.41) is 29.9. The molecule has 40 heteroatoms. The first-order valence-corrected chi connectivity index (χ1v) is 26.0. The van der Waals surface area contributed by atoms with Gasteiger partial charge in [-0.3, -0.25) is 15.0 Å². The topological polar surface area (TPSA) is 274 Å². The first-order valence-electron chi connectivity index (χ1n) is 22.8. The number of hydrogen-bond acceptors (Lipinski definition) is 23. The van der Waals surface area contributed by atoms with Gasteiger partial charge in [0.25, 0.3) is 0 Å². The number of nitrogens with one attached hydrogen (secondary N) is 1. The zero-order valence-corrected chi connectivity index (χ0v) is 46.9. The molecule has 0 saturated heterocycles. The Hall–Kier alpha value is -8.72. The zero-order valence-electron chi connectivity index (χ0n) is 42.9. The minimum atomic E-state index is -4.78. The van der Waals surface area contributed by atoms with E-state index in [-0.39, 0.29) is 45.7 Å². The van der Waals surface area contributed by atoms with Gasteiger partial charge in [-0.15, -0.1) is 38.0 Å². The monoisotopic (exact) mass is 1350 g/mol. The fourth-order valence-corrected chi connectivity index (χ4v) is 8.30. The lowest BCUT2D eigenvalue weighted by Gasteiger charge is -2.22. The number of halogens is 17. The normalized spacial score (nSPS) is 11.6. The number of aromatic nitrogens is 16. The summed E-state index contributed by atoms with van der Waals surface area (Å²) in [4.78, 5) is 34.2. The molecule has 0 bridgehead atoms. The molecule has 21 nitrogen and oxygen atoms in total. The molecule has 10 rings (SSSR count). The van der Waals surface area contributed by atoms with Crippen molar-refractivity contribution in [1.29, 1.82) is 0 Å². The quantitative estimate of drug-likeness (QED) is 0.100. The van der Waals surface area contributed by atoms with Gasteiger partial charge >= 0.3 is 42.7 Å². The number of alkyl halides is 16. The highest BCUT2D eigenvalue weighted by molar-refractivity contribution is 9.08. The maximum absolute atomic E-state index is 13.2. The standard InChI is InChI=1S/C18H11F6N7OS.C10H8F3N5.C8H4BrF3N2OS.C5H2ClF3N2.C5H7N3/c1-9-5-25-7-14(27-9)31(13-4-10(6-26-29-13)17(19,20)21)8-11-2-3-12(33-11)15-28-16(32-30-15)18(22,23)24;1-6-3-14-5-9(16-6)17-8-2-7(4-15-18-8)10(11,12)13;9-3-4-1-2-5(16-4)6-13-7(15-14-6)8(10,11)12;6-4-1-3(2-10-11-4)5(7,8)9;1-4-2-7-3-5(6)8-4/h2-7H,8H2,1H3;2-5H,1H3,(H,16,17,18);1-2H,3H2;1-2H;2-3H,1H3,(H2,6,8). The van der Waals surface area contributed by atoms with Gasteiger partial charge in [0.1, 0.15) is 11.6 Å². The van der Waals surface area contributed by atoms with Crippen LogP contribution in [-0.2, 0) is 42.8 Å². The van der Waals surface area contributed by atoms with E-state index in [1.54, 1.807) is 38.2 Å². The zero-order chi connectivity index (χ0) is 63.2. The van der Waals surface area contributed by atoms with Crippen molar-refractivity contribution in [2.45, 2.75) is 63.5 Å². The van der Waals surface area contributed by atoms with Gasteiger partial charge in [-0.05, 0) is 63.2 Å². The molecule has 0 unspecified atom stereocenters. The van der Waals surface area contributed by atoms with E-state index in [1.165, 1.54) is 53.3 Å². The summed E-state index contributed by atoms with van der Waals surface area (Å²) in [5.41, 5.74) is 4.52. The van der Waals surface area contributed by atoms with Crippen LogP contribution in [0.15, 0.2) is 107 Å². The van der Waals surface area contributed by atoms with Crippen LogP contribution in [0.2, 0.25) is 5.15 Å². The first kappa shape index (κ1) is 66.4. The Balaban J connectivity index is 0.000000189. The van der Waals surface area contributed by atoms with Crippen molar-refractivity contribution in [2.24, 2.45) is 0 Å². The van der Waals surface area contributed by atoms with Crippen LogP contribution in [0, 0.1) is 20.8 Å². The molecule has 10 heterocycles. The Morgan fingerprint density at radius 1 is 0.512 bits per heavy atom. The second-order valence-corrected chi connectivity index (χ2v) is 19.5. The highest BCUT2D eigenvalue weighted by Crippen LogP contribution is 2.37. The molecule has 86 heavy (non-hydrogen) atoms. The maximum Gasteiger partial charge on any atom is 0.471 e. The maximum atomic E-state index is 13.2. The lowest BCUT2D eigenvalue weighted by Crippen LogP contribution is -2.20. The molecule has 3 N–H and O–H groups in total. The third kappa shape index (κ3) is 20.2. The predicted molar refractivity (Wildman–Crippen MR) is 278 cm³/mol. The van der Waals surface area contributed by atoms with Gasteiger partial charge < -0.3 is 25.0 Å². The van der Waals surface area contributed by atoms with Crippen molar-refractivity contribution in [3.05, 3.63) is 159 Å². The predicted octanol–water partition coefficient (Wildman–Crippen LogP) is 13.6. The second kappa shape index (κ2) is 28.4. The molecule has 0 fully saturated rings. The number of hydrogen-bond donors (Lipinski definition) is 2. The van der Waals surface area contributed by atoms with Crippen LogP contribution in [0.5, 0.6) is 0 Å². The lowest BCUT2D eigenvalue weighted by atomic mass is 10.2. The Morgan fingerprint density at radius 2 is 0.988 bits per heavy atom. The molecule has 0 spiro atoms. The summed E-state index contributed by atoms with van der Waals surface area (Å²) in [6.07, 6.45) is -12.1. The second-order valence-electron chi connectivity index (χ2n) is 16.3. The minimum absolute atomic E-state index is 0.0250. The van der Waals surface area contributed by atoms with Gasteiger partial charge in [0, 0.05) is 33.7 Å². The summed E-state index contributed by atoms with van der Waals surface area (Å²) in [6, 6.07) is 8.89. The van der Waals surface area contributed by atoms with Crippen LogP contribution in [-0.4, -0.2) is 80.8 Å². The van der Waals surface area contributed by atoms with E-state index in [0.29, 0.717) is 62.8 Å². The Morgan fingerprint density at radius 3 is 1.44 bits per heavy atom. The Labute approximate surface area is 492 Å². The molecule has 0 saturated carbocycles. The van der Waals surface area contributed by atoms with Crippen LogP contribution in [0.3, 0.4) is 0 Å². The van der Waals surface area contributed by atoms with Crippen LogP contribution in [0.1, 0.15) is 55.3 Å². The van der Waals surface area contributed by atoms with Crippen molar-refractivity contribution >= 4 is 79.3 Å². The average Bonchev–Trinajstić information content (AvgIpc) is 4.50. The number of nitrogen functional groups attached to an aromatic ring is 1. The molecule has 0 radical (unpaired) electrons. The number of rotatable bonds is 9. The number of nitrogens with two attached hydrogens (primary N) is 1. The van der Waals surface area contributed by atoms with E-state index in [0.717, 1.165) is 34.0 Å². The van der Waals surface area contributed by atoms with Gasteiger partial charge in [0.05, 0.1) is 87.3 Å². The molecule has 10 aromatic rings. The number of thiophene rings is 2. The van der Waals surface area contributed by atoms with Gasteiger partial charge in [-0.25, -0.2) is 15.0 Å². The minimum Gasteiger partial charge on any atom is -0.382 e. The molecular formula is C46H32BrClF15N19O2S2. The van der Waals surface area contributed by atoms with Gasteiger partial charge in [0.2, 0.25) is 11.6 Å². The van der Waals surface area contributed by atoms with Crippen molar-refractivity contribution in [3.63, 3.8) is 0 Å². The summed E-state index contributed by atoms with van der Waals surface area (Å²) >= 11 is 10.8. The summed E-state index contributed by atoms with van der Waals surface area (Å²) in [5.74, 6) is -2.29. The third-order valence-corrected chi connectivity index (χ3v) is 12.8. The average molecular weight is 1350 g/mol. The summed E-state index contributed by atoms with van der Waals surface area (Å²) < 4.78 is 196. The molecule has 0 aliphatic heterocycles. The molecule has 0 amide bonds. The molecule has 0 atom stereocenters. The summed E-state index contributed by atoms with van der Waals surface area (Å²) in [7, 11) is 0. The molecule has 0 aliphatic rings. The van der Waals surface area contributed by atoms with Crippen LogP contribution < -0.4 is 16.0 Å². The molecule has 454 valence electrons. The van der Waals surface area contributed by atoms with E-state index in [4.69, 9.17) is 17.3 Å². The molecular weight excluding hydrogens is 1320 g/mol. The molecule has 10 aromatic heterocycles. The van der Waals surface area contributed by atoms with E-state index in [1.807, 2.05) is 6.92 Å². The highest BCUT2D eigenvalue weighted by atomic mass is 79.9. The van der Waals surface area contributed by atoms with E-state index in [2.05, 4.69) is 111 Å². The van der Waals surface area contributed by atoms with E-state index in [9.17, 15) is 65.9 Å². The largest absolute Gasteiger partial charge is 0.471 e. The smallest absolute Gasteiger partial charge is 0.382 e. The van der Waals surface area contributed by atoms with Crippen molar-refractivity contribution in [3.8, 4) is 21.4 Å². The Kier molecular flexibility index (Phi) is 22.0. The number of anilines is 5. The molecule has 0 aliphatic carbocycles. The van der Waals surface area contributed by atoms with Crippen molar-refractivity contribution in [2.75, 3.05) is 16.0 Å². The first-order chi connectivity index (χ1) is 40.2. The van der Waals surface area contributed by atoms with Gasteiger partial charge in [-0.1, -0.05) is 37.8 Å². The van der Waals surface area contributed by atoms with Crippen LogP contribution in [0.25, 0.3) is 21.4 Å². The number of nitrogens with zero attached hydrogens (tertiary/aromatic N) is 17. The molecule has 0 aromatic carbocycles. The fraction of sp³-hybridized carbons (Fsp3) is 0.217. The van der Waals surface area contributed by atoms with Gasteiger partial charge in [0.15, 0.2) is 22.6 Å². The van der Waals surface area contributed by atoms with E-state index >= 15 is 0 Å². The van der Waals surface area contributed by atoms with Crippen LogP contribution in [0.4, 0.5) is 94.9 Å². The van der Waals surface area contributed by atoms with Crippen molar-refractivity contribution < 1.29 is 74.9 Å². The Bertz CT molecular complexity index is 3790. The lowest BCUT2D eigenvalue weighted by molar-refractivity contribution is -0.160. The van der Waals surface area contributed by atoms with Gasteiger partial charge in [-0.2, -0.15) is 91.1 Å². The SMILES string of the molecule is Cc1cncc(N(Cc2ccc(-c3noc(C(F)(F)F)n3)s2)c2cc(C(F)(F)F)cnn2)n1.Cc1cncc(N)n1.Cc1cncc(Nc2cc(C(F)(F)F)cnn2)n1.FC(F)(F)c1cnnc(Cl)c1.FC(F)(F)c1nc(-c2ccc(CBr)s2)no1. The number of aryl methyl sites for hydroxylation is 3. The van der Waals surface area contributed by atoms with E-state index < -0.39 is 59.4 Å². The third-order valence-electron chi connectivity index (χ3n) is 9.53. The summed E-state index contributed by atoms with van der Waals surface area (Å²) in [6.45, 7) is 5.20. The highest BCUT2D eigenvalue weighted by Gasteiger charge is 2.40. The fourth-order valence-electron chi connectivity index (χ4n) is 5.90. The van der Waals surface area contributed by atoms with Crippen molar-refractivity contribution in [1.82, 2.24) is 80.8 Å².